The van der Waals surface area contributed by atoms with Gasteiger partial charge in [0.25, 0.3) is 11.7 Å². The monoisotopic (exact) mass is 284 g/mol. The van der Waals surface area contributed by atoms with E-state index in [4.69, 9.17) is 10.3 Å². The largest absolute Gasteiger partial charge is 0.363 e. The molecule has 2 N–H and O–H groups in total. The van der Waals surface area contributed by atoms with Crippen LogP contribution in [0.15, 0.2) is 22.9 Å². The zero-order valence-corrected chi connectivity index (χ0v) is 11.1. The smallest absolute Gasteiger partial charge is 0.290 e. The first-order valence-electron chi connectivity index (χ1n) is 6.46. The third-order valence-corrected chi connectivity index (χ3v) is 3.38. The first-order chi connectivity index (χ1) is 10.2. The minimum Gasteiger partial charge on any atom is -0.363 e. The number of carbonyl (C=O) groups is 1. The lowest BCUT2D eigenvalue weighted by atomic mass is 10.2. The Morgan fingerprint density at radius 1 is 1.57 bits per heavy atom. The van der Waals surface area contributed by atoms with Gasteiger partial charge in [-0.25, -0.2) is 4.98 Å². The Hall–Kier alpha value is -2.95. The molecule has 8 nitrogen and oxygen atoms in total. The van der Waals surface area contributed by atoms with Crippen LogP contribution in [0.25, 0.3) is 0 Å². The summed E-state index contributed by atoms with van der Waals surface area (Å²) < 4.78 is 5.12. The summed E-state index contributed by atoms with van der Waals surface area (Å²) in [5.41, 5.74) is 5.61. The van der Waals surface area contributed by atoms with Crippen LogP contribution in [0.2, 0.25) is 0 Å². The van der Waals surface area contributed by atoms with Crippen molar-refractivity contribution < 1.29 is 9.32 Å². The van der Waals surface area contributed by atoms with E-state index < -0.39 is 5.91 Å². The second-order valence-corrected chi connectivity index (χ2v) is 4.66. The standard InChI is InChI=1S/C13H12N6O2/c14-7-8-3-1-5-16-12(8)19-6-2-4-9(19)13-17-11(10(15)20)18-21-13/h1,3,5,9H,2,4,6H2,(H2,15,20)/t9-/m1/s1. The number of hydrogen-bond acceptors (Lipinski definition) is 7. The van der Waals surface area contributed by atoms with Crippen LogP contribution in [0.3, 0.4) is 0 Å². The molecule has 1 aliphatic rings. The molecule has 1 fully saturated rings. The average Bonchev–Trinajstić information content (AvgIpc) is 3.15. The van der Waals surface area contributed by atoms with Gasteiger partial charge >= 0.3 is 0 Å². The van der Waals surface area contributed by atoms with Crippen LogP contribution in [-0.4, -0.2) is 27.6 Å². The molecule has 0 bridgehead atoms. The van der Waals surface area contributed by atoms with Gasteiger partial charge in [-0.2, -0.15) is 10.2 Å². The molecule has 0 spiro atoms. The van der Waals surface area contributed by atoms with Gasteiger partial charge in [-0.15, -0.1) is 0 Å². The van der Waals surface area contributed by atoms with E-state index >= 15 is 0 Å². The number of aromatic nitrogens is 3. The highest BCUT2D eigenvalue weighted by molar-refractivity contribution is 5.88. The molecule has 21 heavy (non-hydrogen) atoms. The van der Waals surface area contributed by atoms with Gasteiger partial charge in [0, 0.05) is 12.7 Å². The molecule has 1 amide bonds. The van der Waals surface area contributed by atoms with Gasteiger partial charge in [-0.1, -0.05) is 5.16 Å². The zero-order valence-electron chi connectivity index (χ0n) is 11.1. The van der Waals surface area contributed by atoms with Gasteiger partial charge in [0.1, 0.15) is 17.9 Å². The van der Waals surface area contributed by atoms with E-state index in [0.717, 1.165) is 19.4 Å². The molecule has 106 valence electrons. The number of hydrogen-bond donors (Lipinski definition) is 1. The lowest BCUT2D eigenvalue weighted by molar-refractivity contribution is 0.0987. The van der Waals surface area contributed by atoms with E-state index in [9.17, 15) is 10.1 Å². The van der Waals surface area contributed by atoms with E-state index in [1.165, 1.54) is 0 Å². The normalized spacial score (nSPS) is 17.7. The molecule has 8 heteroatoms. The van der Waals surface area contributed by atoms with Crippen LogP contribution in [0, 0.1) is 11.3 Å². The maximum atomic E-state index is 11.0. The fourth-order valence-electron chi connectivity index (χ4n) is 2.46. The van der Waals surface area contributed by atoms with Crippen LogP contribution in [0.1, 0.15) is 41.0 Å². The Bertz CT molecular complexity index is 719. The molecule has 3 heterocycles. The third-order valence-electron chi connectivity index (χ3n) is 3.38. The maximum absolute atomic E-state index is 11.0. The molecule has 2 aromatic rings. The molecule has 0 aromatic carbocycles. The fourth-order valence-corrected chi connectivity index (χ4v) is 2.46. The molecule has 0 aliphatic carbocycles. The Labute approximate surface area is 120 Å². The van der Waals surface area contributed by atoms with Gasteiger partial charge in [-0.05, 0) is 25.0 Å². The molecule has 1 atom stereocenters. The molecule has 0 saturated carbocycles. The van der Waals surface area contributed by atoms with Crippen molar-refractivity contribution in [3.05, 3.63) is 35.6 Å². The summed E-state index contributed by atoms with van der Waals surface area (Å²) in [4.78, 5) is 21.3. The quantitative estimate of drug-likeness (QED) is 0.883. The van der Waals surface area contributed by atoms with Crippen LogP contribution in [0.4, 0.5) is 5.82 Å². The predicted octanol–water partition coefficient (Wildman–Crippen LogP) is 0.777. The van der Waals surface area contributed by atoms with Crippen LogP contribution < -0.4 is 10.6 Å². The molecular weight excluding hydrogens is 272 g/mol. The van der Waals surface area contributed by atoms with Crippen molar-refractivity contribution in [2.75, 3.05) is 11.4 Å². The van der Waals surface area contributed by atoms with Crippen molar-refractivity contribution in [1.82, 2.24) is 15.1 Å². The van der Waals surface area contributed by atoms with Crippen molar-refractivity contribution in [2.24, 2.45) is 5.73 Å². The maximum Gasteiger partial charge on any atom is 0.290 e. The fraction of sp³-hybridized carbons (Fsp3) is 0.308. The van der Waals surface area contributed by atoms with Crippen molar-refractivity contribution in [3.8, 4) is 6.07 Å². The van der Waals surface area contributed by atoms with Crippen molar-refractivity contribution in [2.45, 2.75) is 18.9 Å². The van der Waals surface area contributed by atoms with E-state index in [2.05, 4.69) is 21.2 Å². The molecule has 1 aliphatic heterocycles. The van der Waals surface area contributed by atoms with E-state index in [-0.39, 0.29) is 11.9 Å². The second kappa shape index (κ2) is 5.20. The van der Waals surface area contributed by atoms with Crippen LogP contribution in [-0.2, 0) is 0 Å². The summed E-state index contributed by atoms with van der Waals surface area (Å²) in [5.74, 6) is 0.0284. The number of primary amides is 1. The van der Waals surface area contributed by atoms with Crippen molar-refractivity contribution in [1.29, 1.82) is 5.26 Å². The molecule has 0 unspecified atom stereocenters. The predicted molar refractivity (Wildman–Crippen MR) is 71.1 cm³/mol. The van der Waals surface area contributed by atoms with Gasteiger partial charge in [0.05, 0.1) is 5.56 Å². The first kappa shape index (κ1) is 13.1. The number of nitriles is 1. The van der Waals surface area contributed by atoms with Gasteiger partial charge < -0.3 is 15.2 Å². The lowest BCUT2D eigenvalue weighted by Crippen LogP contribution is -2.25. The lowest BCUT2D eigenvalue weighted by Gasteiger charge is -2.23. The summed E-state index contributed by atoms with van der Waals surface area (Å²) in [6.45, 7) is 0.727. The number of amides is 1. The van der Waals surface area contributed by atoms with E-state index in [1.807, 2.05) is 4.90 Å². The van der Waals surface area contributed by atoms with Gasteiger partial charge in [0.2, 0.25) is 5.89 Å². The summed E-state index contributed by atoms with van der Waals surface area (Å²) in [6, 6.07) is 5.34. The second-order valence-electron chi connectivity index (χ2n) is 4.66. The number of anilines is 1. The van der Waals surface area contributed by atoms with Crippen LogP contribution >= 0.6 is 0 Å². The number of carbonyl (C=O) groups excluding carboxylic acids is 1. The summed E-state index contributed by atoms with van der Waals surface area (Å²) in [7, 11) is 0. The number of nitrogens with two attached hydrogens (primary N) is 1. The van der Waals surface area contributed by atoms with Gasteiger partial charge in [0.15, 0.2) is 0 Å². The highest BCUT2D eigenvalue weighted by atomic mass is 16.5. The Morgan fingerprint density at radius 2 is 2.43 bits per heavy atom. The summed E-state index contributed by atoms with van der Waals surface area (Å²) in [6.07, 6.45) is 3.32. The SMILES string of the molecule is N#Cc1cccnc1N1CCC[C@@H]1c1nc(C(N)=O)no1. The highest BCUT2D eigenvalue weighted by Crippen LogP contribution is 2.35. The number of rotatable bonds is 3. The number of nitrogens with zero attached hydrogens (tertiary/aromatic N) is 5. The Balaban J connectivity index is 1.95. The Morgan fingerprint density at radius 3 is 3.14 bits per heavy atom. The Kier molecular flexibility index (Phi) is 3.23. The summed E-state index contributed by atoms with van der Waals surface area (Å²) >= 11 is 0. The number of pyridine rings is 1. The molecule has 2 aromatic heterocycles. The minimum absolute atomic E-state index is 0.140. The molecule has 1 saturated heterocycles. The molecular formula is C13H12N6O2. The first-order valence-corrected chi connectivity index (χ1v) is 6.46. The summed E-state index contributed by atoms with van der Waals surface area (Å²) in [5, 5.41) is 12.7. The topological polar surface area (TPSA) is 122 Å². The average molecular weight is 284 g/mol. The van der Waals surface area contributed by atoms with Crippen molar-refractivity contribution in [3.63, 3.8) is 0 Å². The minimum atomic E-state index is -0.731. The molecule has 3 rings (SSSR count). The van der Waals surface area contributed by atoms with Crippen molar-refractivity contribution >= 4 is 11.7 Å². The van der Waals surface area contributed by atoms with E-state index in [0.29, 0.717) is 17.3 Å². The van der Waals surface area contributed by atoms with E-state index in [1.54, 1.807) is 18.3 Å². The molecule has 0 radical (unpaired) electrons. The highest BCUT2D eigenvalue weighted by Gasteiger charge is 2.33. The van der Waals surface area contributed by atoms with Crippen LogP contribution in [0.5, 0.6) is 0 Å². The van der Waals surface area contributed by atoms with Gasteiger partial charge in [-0.3, -0.25) is 4.79 Å². The third kappa shape index (κ3) is 2.29. The zero-order chi connectivity index (χ0) is 14.8.